The summed E-state index contributed by atoms with van der Waals surface area (Å²) in [6, 6.07) is 4.37. The quantitative estimate of drug-likeness (QED) is 0.680. The number of aliphatic carboxylic acids is 1. The highest BCUT2D eigenvalue weighted by molar-refractivity contribution is 7.98. The lowest BCUT2D eigenvalue weighted by Crippen LogP contribution is -2.15. The molecule has 1 rings (SSSR count). The van der Waals surface area contributed by atoms with Crippen LogP contribution in [0.4, 0.5) is 0 Å². The summed E-state index contributed by atoms with van der Waals surface area (Å²) >= 11 is 1.35. The van der Waals surface area contributed by atoms with Gasteiger partial charge < -0.3 is 15.9 Å². The second-order valence-electron chi connectivity index (χ2n) is 3.10. The van der Waals surface area contributed by atoms with Gasteiger partial charge in [0.15, 0.2) is 0 Å². The van der Waals surface area contributed by atoms with Crippen LogP contribution in [0.1, 0.15) is 18.0 Å². The highest BCUT2D eigenvalue weighted by atomic mass is 32.2. The number of benzene rings is 1. The molecule has 0 heterocycles. The van der Waals surface area contributed by atoms with Gasteiger partial charge in [-0.2, -0.15) is 0 Å². The maximum Gasteiger partial charge on any atom is 0.305 e. The van der Waals surface area contributed by atoms with Crippen LogP contribution in [-0.4, -0.2) is 22.4 Å². The minimum atomic E-state index is -0.946. The van der Waals surface area contributed by atoms with Crippen LogP contribution in [0.3, 0.4) is 0 Å². The summed E-state index contributed by atoms with van der Waals surface area (Å²) < 4.78 is 0. The molecule has 0 aliphatic heterocycles. The Morgan fingerprint density at radius 3 is 2.80 bits per heavy atom. The van der Waals surface area contributed by atoms with E-state index in [0.717, 1.165) is 0 Å². The van der Waals surface area contributed by atoms with Gasteiger partial charge in [0, 0.05) is 6.04 Å². The molecule has 0 saturated heterocycles. The molecule has 0 bridgehead atoms. The summed E-state index contributed by atoms with van der Waals surface area (Å²) in [6.07, 6.45) is 1.67. The van der Waals surface area contributed by atoms with E-state index < -0.39 is 12.0 Å². The van der Waals surface area contributed by atoms with E-state index >= 15 is 0 Å². The van der Waals surface area contributed by atoms with Crippen molar-refractivity contribution in [2.45, 2.75) is 17.4 Å². The predicted octanol–water partition coefficient (Wildman–Crippen LogP) is 1.59. The van der Waals surface area contributed by atoms with E-state index in [2.05, 4.69) is 0 Å². The first-order valence-electron chi connectivity index (χ1n) is 4.39. The first-order valence-corrected chi connectivity index (χ1v) is 5.62. The normalized spacial score (nSPS) is 12.4. The summed E-state index contributed by atoms with van der Waals surface area (Å²) in [5.74, 6) is -0.807. The summed E-state index contributed by atoms with van der Waals surface area (Å²) in [5.41, 5.74) is 6.41. The van der Waals surface area contributed by atoms with Crippen molar-refractivity contribution in [3.05, 3.63) is 23.8 Å². The maximum atomic E-state index is 10.5. The smallest absolute Gasteiger partial charge is 0.305 e. The number of hydrogen-bond acceptors (Lipinski definition) is 4. The first-order chi connectivity index (χ1) is 7.06. The highest BCUT2D eigenvalue weighted by Crippen LogP contribution is 2.33. The molecule has 15 heavy (non-hydrogen) atoms. The van der Waals surface area contributed by atoms with Gasteiger partial charge in [-0.05, 0) is 17.9 Å². The molecular weight excluding hydrogens is 214 g/mol. The Balaban J connectivity index is 3.02. The molecule has 5 heteroatoms. The van der Waals surface area contributed by atoms with Crippen LogP contribution in [0.25, 0.3) is 0 Å². The SMILES string of the molecule is CSc1c(O)cccc1C(N)CC(=O)O. The Morgan fingerprint density at radius 2 is 2.27 bits per heavy atom. The van der Waals surface area contributed by atoms with Gasteiger partial charge in [-0.1, -0.05) is 12.1 Å². The lowest BCUT2D eigenvalue weighted by molar-refractivity contribution is -0.137. The molecule has 82 valence electrons. The van der Waals surface area contributed by atoms with Gasteiger partial charge in [0.25, 0.3) is 0 Å². The van der Waals surface area contributed by atoms with Crippen molar-refractivity contribution < 1.29 is 15.0 Å². The van der Waals surface area contributed by atoms with Crippen LogP contribution in [-0.2, 0) is 4.79 Å². The lowest BCUT2D eigenvalue weighted by atomic mass is 10.0. The molecule has 0 radical (unpaired) electrons. The van der Waals surface area contributed by atoms with E-state index in [-0.39, 0.29) is 12.2 Å². The van der Waals surface area contributed by atoms with Crippen LogP contribution >= 0.6 is 11.8 Å². The monoisotopic (exact) mass is 227 g/mol. The van der Waals surface area contributed by atoms with Gasteiger partial charge in [0.2, 0.25) is 0 Å². The molecule has 4 N–H and O–H groups in total. The third-order valence-corrected chi connectivity index (χ3v) is 2.88. The molecule has 0 amide bonds. The van der Waals surface area contributed by atoms with E-state index in [1.807, 2.05) is 6.26 Å². The standard InChI is InChI=1S/C10H13NO3S/c1-15-10-6(3-2-4-8(10)12)7(11)5-9(13)14/h2-4,7,12H,5,11H2,1H3,(H,13,14). The van der Waals surface area contributed by atoms with Gasteiger partial charge in [-0.3, -0.25) is 4.79 Å². The zero-order valence-corrected chi connectivity index (χ0v) is 9.12. The number of carboxylic acid groups (broad SMARTS) is 1. The van der Waals surface area contributed by atoms with Gasteiger partial charge in [-0.25, -0.2) is 0 Å². The maximum absolute atomic E-state index is 10.5. The lowest BCUT2D eigenvalue weighted by Gasteiger charge is -2.14. The van der Waals surface area contributed by atoms with Crippen molar-refractivity contribution in [1.29, 1.82) is 0 Å². The Morgan fingerprint density at radius 1 is 1.60 bits per heavy atom. The zero-order chi connectivity index (χ0) is 11.4. The number of nitrogens with two attached hydrogens (primary N) is 1. The molecular formula is C10H13NO3S. The van der Waals surface area contributed by atoms with Gasteiger partial charge in [0.1, 0.15) is 5.75 Å². The summed E-state index contributed by atoms with van der Waals surface area (Å²) in [4.78, 5) is 11.2. The topological polar surface area (TPSA) is 83.5 Å². The van der Waals surface area contributed by atoms with Gasteiger partial charge in [-0.15, -0.1) is 11.8 Å². The number of rotatable bonds is 4. The zero-order valence-electron chi connectivity index (χ0n) is 8.30. The molecule has 1 unspecified atom stereocenters. The third-order valence-electron chi connectivity index (χ3n) is 2.02. The van der Waals surface area contributed by atoms with Crippen LogP contribution < -0.4 is 5.73 Å². The number of carboxylic acids is 1. The molecule has 0 spiro atoms. The number of phenolic OH excluding ortho intramolecular Hbond substituents is 1. The average Bonchev–Trinajstić information content (AvgIpc) is 2.16. The van der Waals surface area contributed by atoms with Crippen LogP contribution in [0, 0.1) is 0 Å². The Labute approximate surface area is 92.1 Å². The van der Waals surface area contributed by atoms with Crippen LogP contribution in [0.5, 0.6) is 5.75 Å². The van der Waals surface area contributed by atoms with Gasteiger partial charge in [0.05, 0.1) is 11.3 Å². The highest BCUT2D eigenvalue weighted by Gasteiger charge is 2.16. The Kier molecular flexibility index (Phi) is 3.99. The van der Waals surface area contributed by atoms with Crippen molar-refractivity contribution in [2.24, 2.45) is 5.73 Å². The van der Waals surface area contributed by atoms with E-state index in [1.54, 1.807) is 18.2 Å². The van der Waals surface area contributed by atoms with E-state index in [4.69, 9.17) is 10.8 Å². The third kappa shape index (κ3) is 2.87. The number of aromatic hydroxyl groups is 1. The molecule has 0 aliphatic rings. The Hall–Kier alpha value is -1.20. The average molecular weight is 227 g/mol. The van der Waals surface area contributed by atoms with Crippen LogP contribution in [0.15, 0.2) is 23.1 Å². The molecule has 1 aromatic rings. The summed E-state index contributed by atoms with van der Waals surface area (Å²) in [6.45, 7) is 0. The number of hydrogen-bond donors (Lipinski definition) is 3. The van der Waals surface area contributed by atoms with Crippen LogP contribution in [0.2, 0.25) is 0 Å². The molecule has 1 atom stereocenters. The molecule has 1 aromatic carbocycles. The Bertz CT molecular complexity index is 368. The van der Waals surface area contributed by atoms with E-state index in [0.29, 0.717) is 10.5 Å². The second-order valence-corrected chi connectivity index (χ2v) is 3.92. The van der Waals surface area contributed by atoms with Crippen molar-refractivity contribution in [1.82, 2.24) is 0 Å². The fraction of sp³-hybridized carbons (Fsp3) is 0.300. The second kappa shape index (κ2) is 5.04. The summed E-state index contributed by atoms with van der Waals surface area (Å²) in [7, 11) is 0. The first kappa shape index (κ1) is 11.9. The number of carbonyl (C=O) groups is 1. The minimum absolute atomic E-state index is 0.140. The molecule has 0 saturated carbocycles. The molecule has 4 nitrogen and oxygen atoms in total. The summed E-state index contributed by atoms with van der Waals surface area (Å²) in [5, 5.41) is 18.2. The van der Waals surface area contributed by atoms with E-state index in [9.17, 15) is 9.90 Å². The van der Waals surface area contributed by atoms with Crippen molar-refractivity contribution in [2.75, 3.05) is 6.26 Å². The van der Waals surface area contributed by atoms with Crippen molar-refractivity contribution in [3.63, 3.8) is 0 Å². The van der Waals surface area contributed by atoms with Crippen molar-refractivity contribution >= 4 is 17.7 Å². The number of thioether (sulfide) groups is 1. The molecule has 0 aliphatic carbocycles. The van der Waals surface area contributed by atoms with E-state index in [1.165, 1.54) is 11.8 Å². The fourth-order valence-corrected chi connectivity index (χ4v) is 2.09. The molecule has 0 fully saturated rings. The fourth-order valence-electron chi connectivity index (χ4n) is 1.35. The van der Waals surface area contributed by atoms with Gasteiger partial charge >= 0.3 is 5.97 Å². The van der Waals surface area contributed by atoms with Crippen molar-refractivity contribution in [3.8, 4) is 5.75 Å². The molecule has 0 aromatic heterocycles. The minimum Gasteiger partial charge on any atom is -0.507 e. The number of phenols is 1. The predicted molar refractivity (Wildman–Crippen MR) is 59.1 cm³/mol. The largest absolute Gasteiger partial charge is 0.507 e.